The molecule has 39 heavy (non-hydrogen) atoms. The van der Waals surface area contributed by atoms with E-state index in [0.29, 0.717) is 37.2 Å². The lowest BCUT2D eigenvalue weighted by Crippen LogP contribution is -2.50. The van der Waals surface area contributed by atoms with Gasteiger partial charge in [0.05, 0.1) is 18.5 Å². The molecule has 3 aromatic carbocycles. The van der Waals surface area contributed by atoms with E-state index in [-0.39, 0.29) is 17.9 Å². The molecule has 1 saturated carbocycles. The van der Waals surface area contributed by atoms with Crippen LogP contribution in [0, 0.1) is 17.2 Å². The van der Waals surface area contributed by atoms with Crippen molar-refractivity contribution in [2.45, 2.75) is 56.8 Å². The molecular weight excluding hydrogens is 488 g/mol. The van der Waals surface area contributed by atoms with Gasteiger partial charge in [-0.25, -0.2) is 0 Å². The second-order valence-electron chi connectivity index (χ2n) is 10.9. The van der Waals surface area contributed by atoms with Crippen molar-refractivity contribution in [3.05, 3.63) is 83.4 Å². The Morgan fingerprint density at radius 2 is 1.92 bits per heavy atom. The molecule has 4 atom stereocenters. The highest BCUT2D eigenvalue weighted by atomic mass is 16.5. The summed E-state index contributed by atoms with van der Waals surface area (Å²) in [5, 5.41) is 16.3. The number of likely N-dealkylation sites (N-methyl/N-ethyl adjacent to an activating group) is 1. The van der Waals surface area contributed by atoms with Gasteiger partial charge >= 0.3 is 0 Å². The lowest BCUT2D eigenvalue weighted by Gasteiger charge is -2.24. The number of benzene rings is 3. The molecule has 7 nitrogen and oxygen atoms in total. The average Bonchev–Trinajstić information content (AvgIpc) is 3.67. The van der Waals surface area contributed by atoms with Crippen LogP contribution in [0.5, 0.6) is 5.75 Å². The van der Waals surface area contributed by atoms with E-state index in [1.165, 1.54) is 0 Å². The predicted octanol–water partition coefficient (Wildman–Crippen LogP) is 4.14. The number of piperidine rings is 1. The molecule has 2 N–H and O–H groups in total. The number of nitriles is 1. The summed E-state index contributed by atoms with van der Waals surface area (Å²) in [7, 11) is 1.80. The number of rotatable bonds is 8. The van der Waals surface area contributed by atoms with Gasteiger partial charge in [0.15, 0.2) is 0 Å². The highest BCUT2D eigenvalue weighted by Crippen LogP contribution is 2.36. The molecule has 2 amide bonds. The summed E-state index contributed by atoms with van der Waals surface area (Å²) in [5.74, 6) is 1.04. The van der Waals surface area contributed by atoms with Crippen molar-refractivity contribution in [1.29, 1.82) is 5.26 Å². The third-order valence-corrected chi connectivity index (χ3v) is 8.34. The van der Waals surface area contributed by atoms with Gasteiger partial charge in [0, 0.05) is 25.2 Å². The van der Waals surface area contributed by atoms with Crippen LogP contribution in [-0.4, -0.2) is 37.0 Å². The van der Waals surface area contributed by atoms with Crippen LogP contribution in [0.4, 0.5) is 5.69 Å². The summed E-state index contributed by atoms with van der Waals surface area (Å²) >= 11 is 0. The Kier molecular flexibility index (Phi) is 6.80. The molecule has 2 heterocycles. The molecule has 2 fully saturated rings. The van der Waals surface area contributed by atoms with Crippen molar-refractivity contribution >= 4 is 17.5 Å². The van der Waals surface area contributed by atoms with Gasteiger partial charge in [-0.1, -0.05) is 54.6 Å². The van der Waals surface area contributed by atoms with Gasteiger partial charge in [0.25, 0.3) is 0 Å². The molecule has 6 rings (SSSR count). The number of ether oxygens (including phenoxy) is 1. The van der Waals surface area contributed by atoms with E-state index in [2.05, 4.69) is 16.7 Å². The van der Waals surface area contributed by atoms with Crippen LogP contribution in [0.3, 0.4) is 0 Å². The molecule has 2 bridgehead atoms. The maximum Gasteiger partial charge on any atom is 0.238 e. The van der Waals surface area contributed by atoms with Crippen molar-refractivity contribution in [2.75, 3.05) is 11.9 Å². The number of anilines is 1. The first-order chi connectivity index (χ1) is 19.0. The van der Waals surface area contributed by atoms with Gasteiger partial charge < -0.3 is 20.3 Å². The zero-order chi connectivity index (χ0) is 26.9. The maximum atomic E-state index is 13.0. The number of amides is 2. The molecule has 7 heteroatoms. The van der Waals surface area contributed by atoms with Crippen LogP contribution in [0.2, 0.25) is 0 Å². The minimum absolute atomic E-state index is 0.0890. The van der Waals surface area contributed by atoms with Crippen LogP contribution >= 0.6 is 0 Å². The van der Waals surface area contributed by atoms with Gasteiger partial charge in [0.1, 0.15) is 18.4 Å². The first kappa shape index (κ1) is 25.1. The minimum atomic E-state index is -0.664. The van der Waals surface area contributed by atoms with Gasteiger partial charge in [-0.3, -0.25) is 9.59 Å². The Labute approximate surface area is 228 Å². The smallest absolute Gasteiger partial charge is 0.238 e. The number of nitrogens with zero attached hydrogens (tertiary/aromatic N) is 2. The van der Waals surface area contributed by atoms with Gasteiger partial charge in [-0.15, -0.1) is 0 Å². The number of fused-ring (bicyclic) bond motifs is 3. The fourth-order valence-corrected chi connectivity index (χ4v) is 6.15. The first-order valence-electron chi connectivity index (χ1n) is 13.6. The van der Waals surface area contributed by atoms with E-state index in [4.69, 9.17) is 4.74 Å². The van der Waals surface area contributed by atoms with Gasteiger partial charge in [0.2, 0.25) is 11.8 Å². The second kappa shape index (κ2) is 10.5. The van der Waals surface area contributed by atoms with E-state index in [1.54, 1.807) is 11.9 Å². The Morgan fingerprint density at radius 3 is 2.67 bits per heavy atom. The molecule has 0 spiro atoms. The summed E-state index contributed by atoms with van der Waals surface area (Å²) in [6, 6.07) is 23.8. The Morgan fingerprint density at radius 1 is 1.13 bits per heavy atom. The van der Waals surface area contributed by atoms with Crippen LogP contribution in [-0.2, 0) is 29.0 Å². The summed E-state index contributed by atoms with van der Waals surface area (Å²) in [6.07, 6.45) is 4.01. The molecule has 3 aliphatic rings. The molecule has 3 aromatic rings. The maximum absolute atomic E-state index is 13.0. The number of carbonyl (C=O) groups is 2. The molecule has 1 aliphatic carbocycles. The Bertz CT molecular complexity index is 1450. The second-order valence-corrected chi connectivity index (χ2v) is 10.9. The third kappa shape index (κ3) is 5.13. The quantitative estimate of drug-likeness (QED) is 0.466. The number of carbonyl (C=O) groups excluding carboxylic acids is 2. The van der Waals surface area contributed by atoms with Crippen LogP contribution in [0.1, 0.15) is 36.0 Å². The Balaban J connectivity index is 1.24. The van der Waals surface area contributed by atoms with Gasteiger partial charge in [-0.05, 0) is 65.1 Å². The fourth-order valence-electron chi connectivity index (χ4n) is 6.15. The van der Waals surface area contributed by atoms with E-state index >= 15 is 0 Å². The SMILES string of the molecule is CN1C(=O)Cc2ccc(-c3ccc(CC(C#N)NC(=O)[C@H]4N[C@@H]5CC[C@H]4C5)c(OCc4ccccc4)c3)cc21. The largest absolute Gasteiger partial charge is 0.489 e. The normalized spacial score (nSPS) is 21.9. The minimum Gasteiger partial charge on any atom is -0.489 e. The topological polar surface area (TPSA) is 94.5 Å². The van der Waals surface area contributed by atoms with E-state index in [9.17, 15) is 14.9 Å². The third-order valence-electron chi connectivity index (χ3n) is 8.34. The van der Waals surface area contributed by atoms with Crippen LogP contribution in [0.25, 0.3) is 11.1 Å². The summed E-state index contributed by atoms with van der Waals surface area (Å²) in [5.41, 5.74) is 5.80. The molecule has 198 valence electrons. The summed E-state index contributed by atoms with van der Waals surface area (Å²) < 4.78 is 6.31. The summed E-state index contributed by atoms with van der Waals surface area (Å²) in [4.78, 5) is 26.9. The standard InChI is InChI=1S/C32H32N4O3/c1-36-28-15-21(7-9-23(28)17-30(36)37)22-8-10-24(29(16-22)39-19-20-5-3-2-4-6-20)13-27(18-33)35-32(38)31-25-11-12-26(14-25)34-31/h2-10,15-16,25-27,31,34H,11-14,17,19H2,1H3,(H,35,38)/t25-,26+,27?,31-/m0/s1. The molecule has 0 aromatic heterocycles. The van der Waals surface area contributed by atoms with E-state index in [1.807, 2.05) is 66.7 Å². The van der Waals surface area contributed by atoms with Crippen molar-refractivity contribution in [1.82, 2.24) is 10.6 Å². The zero-order valence-corrected chi connectivity index (χ0v) is 22.0. The fraction of sp³-hybridized carbons (Fsp3) is 0.344. The number of hydrogen-bond acceptors (Lipinski definition) is 5. The Hall–Kier alpha value is -4.15. The predicted molar refractivity (Wildman–Crippen MR) is 149 cm³/mol. The van der Waals surface area contributed by atoms with E-state index < -0.39 is 6.04 Å². The van der Waals surface area contributed by atoms with Crippen molar-refractivity contribution in [3.8, 4) is 22.9 Å². The molecular formula is C32H32N4O3. The summed E-state index contributed by atoms with van der Waals surface area (Å²) in [6.45, 7) is 0.386. The lowest BCUT2D eigenvalue weighted by atomic mass is 9.97. The van der Waals surface area contributed by atoms with Crippen LogP contribution < -0.4 is 20.3 Å². The first-order valence-corrected chi connectivity index (χ1v) is 13.6. The average molecular weight is 521 g/mol. The van der Waals surface area contributed by atoms with Crippen molar-refractivity contribution < 1.29 is 14.3 Å². The molecule has 2 aliphatic heterocycles. The van der Waals surface area contributed by atoms with Crippen LogP contribution in [0.15, 0.2) is 66.7 Å². The zero-order valence-electron chi connectivity index (χ0n) is 22.0. The van der Waals surface area contributed by atoms with Gasteiger partial charge in [-0.2, -0.15) is 5.26 Å². The highest BCUT2D eigenvalue weighted by molar-refractivity contribution is 6.01. The van der Waals surface area contributed by atoms with Crippen molar-refractivity contribution in [3.63, 3.8) is 0 Å². The van der Waals surface area contributed by atoms with E-state index in [0.717, 1.165) is 52.8 Å². The molecule has 1 unspecified atom stereocenters. The number of hydrogen-bond donors (Lipinski definition) is 2. The molecule has 0 radical (unpaired) electrons. The number of nitrogens with one attached hydrogen (secondary N) is 2. The van der Waals surface area contributed by atoms with Crippen molar-refractivity contribution in [2.24, 2.45) is 5.92 Å². The monoisotopic (exact) mass is 520 g/mol. The highest BCUT2D eigenvalue weighted by Gasteiger charge is 2.43. The lowest BCUT2D eigenvalue weighted by molar-refractivity contribution is -0.124. The molecule has 1 saturated heterocycles.